The Kier molecular flexibility index (Phi) is 2.67. The third kappa shape index (κ3) is 2.22. The lowest BCUT2D eigenvalue weighted by Crippen LogP contribution is -2.07. The second kappa shape index (κ2) is 4.18. The number of benzene rings is 1. The normalized spacial score (nSPS) is 14.9. The molecule has 88 valence electrons. The lowest BCUT2D eigenvalue weighted by atomic mass is 10.2. The van der Waals surface area contributed by atoms with Crippen LogP contribution >= 0.6 is 15.9 Å². The number of anilines is 1. The molecule has 17 heavy (non-hydrogen) atoms. The maximum Gasteiger partial charge on any atom is 0.207 e. The van der Waals surface area contributed by atoms with Crippen molar-refractivity contribution < 1.29 is 0 Å². The molecule has 0 unspecified atom stereocenters. The van der Waals surface area contributed by atoms with E-state index in [0.717, 1.165) is 16.1 Å². The first-order valence-corrected chi connectivity index (χ1v) is 6.60. The number of hydrogen-bond donors (Lipinski definition) is 1. The molecule has 0 amide bonds. The van der Waals surface area contributed by atoms with Gasteiger partial charge < -0.3 is 5.32 Å². The molecule has 1 aromatic heterocycles. The molecule has 3 rings (SSSR count). The predicted molar refractivity (Wildman–Crippen MR) is 72.6 cm³/mol. The summed E-state index contributed by atoms with van der Waals surface area (Å²) < 4.78 is 3.21. The summed E-state index contributed by atoms with van der Waals surface area (Å²) in [5, 5.41) is 3.43. The van der Waals surface area contributed by atoms with Crippen molar-refractivity contribution in [2.75, 3.05) is 5.32 Å². The van der Waals surface area contributed by atoms with Gasteiger partial charge in [-0.05, 0) is 37.5 Å². The van der Waals surface area contributed by atoms with Gasteiger partial charge >= 0.3 is 0 Å². The summed E-state index contributed by atoms with van der Waals surface area (Å²) in [6, 6.07) is 6.96. The summed E-state index contributed by atoms with van der Waals surface area (Å²) in [6.07, 6.45) is 6.33. The van der Waals surface area contributed by atoms with E-state index in [0.29, 0.717) is 6.04 Å². The van der Waals surface area contributed by atoms with Crippen LogP contribution < -0.4 is 5.32 Å². The van der Waals surface area contributed by atoms with Crippen LogP contribution in [0.25, 0.3) is 5.69 Å². The molecule has 4 heteroatoms. The SMILES string of the molecule is Cc1ccc(-n2ccnc2NC2CC2)cc1Br. The van der Waals surface area contributed by atoms with Crippen molar-refractivity contribution in [1.82, 2.24) is 9.55 Å². The number of nitrogens with one attached hydrogen (secondary N) is 1. The minimum absolute atomic E-state index is 0.616. The van der Waals surface area contributed by atoms with E-state index in [4.69, 9.17) is 0 Å². The van der Waals surface area contributed by atoms with Crippen LogP contribution in [0.2, 0.25) is 0 Å². The van der Waals surface area contributed by atoms with Crippen molar-refractivity contribution in [2.24, 2.45) is 0 Å². The Morgan fingerprint density at radius 1 is 1.41 bits per heavy atom. The highest BCUT2D eigenvalue weighted by Gasteiger charge is 2.22. The third-order valence-electron chi connectivity index (χ3n) is 2.98. The van der Waals surface area contributed by atoms with Crippen LogP contribution in [0.15, 0.2) is 35.1 Å². The van der Waals surface area contributed by atoms with Crippen molar-refractivity contribution in [3.8, 4) is 5.69 Å². The predicted octanol–water partition coefficient (Wildman–Crippen LogP) is 3.52. The fourth-order valence-electron chi connectivity index (χ4n) is 1.76. The van der Waals surface area contributed by atoms with Crippen LogP contribution in [0.1, 0.15) is 18.4 Å². The van der Waals surface area contributed by atoms with Gasteiger partial charge in [0.2, 0.25) is 5.95 Å². The first-order valence-electron chi connectivity index (χ1n) is 5.80. The Morgan fingerprint density at radius 2 is 2.24 bits per heavy atom. The molecule has 1 aromatic carbocycles. The second-order valence-corrected chi connectivity index (χ2v) is 5.33. The van der Waals surface area contributed by atoms with Gasteiger partial charge in [0.05, 0.1) is 0 Å². The van der Waals surface area contributed by atoms with Gasteiger partial charge in [-0.2, -0.15) is 0 Å². The Labute approximate surface area is 109 Å². The molecule has 0 bridgehead atoms. The van der Waals surface area contributed by atoms with Crippen LogP contribution in [-0.2, 0) is 0 Å². The quantitative estimate of drug-likeness (QED) is 0.938. The lowest BCUT2D eigenvalue weighted by Gasteiger charge is -2.10. The van der Waals surface area contributed by atoms with Gasteiger partial charge in [0.25, 0.3) is 0 Å². The number of rotatable bonds is 3. The van der Waals surface area contributed by atoms with E-state index in [1.165, 1.54) is 18.4 Å². The smallest absolute Gasteiger partial charge is 0.207 e. The average Bonchev–Trinajstić information content (AvgIpc) is 3.00. The van der Waals surface area contributed by atoms with Crippen LogP contribution in [0.4, 0.5) is 5.95 Å². The minimum Gasteiger partial charge on any atom is -0.353 e. The van der Waals surface area contributed by atoms with Gasteiger partial charge in [0.15, 0.2) is 0 Å². The molecule has 0 spiro atoms. The molecule has 0 aliphatic heterocycles. The highest BCUT2D eigenvalue weighted by Crippen LogP contribution is 2.26. The summed E-state index contributed by atoms with van der Waals surface area (Å²) in [5.41, 5.74) is 2.37. The molecule has 1 N–H and O–H groups in total. The number of aryl methyl sites for hydroxylation is 1. The molecule has 3 nitrogen and oxygen atoms in total. The third-order valence-corrected chi connectivity index (χ3v) is 3.84. The molecule has 1 aliphatic rings. The molecule has 1 heterocycles. The monoisotopic (exact) mass is 291 g/mol. The maximum absolute atomic E-state index is 4.36. The molecule has 2 aromatic rings. The minimum atomic E-state index is 0.616. The highest BCUT2D eigenvalue weighted by molar-refractivity contribution is 9.10. The summed E-state index contributed by atoms with van der Waals surface area (Å²) in [7, 11) is 0. The van der Waals surface area contributed by atoms with Crippen LogP contribution in [0.3, 0.4) is 0 Å². The van der Waals surface area contributed by atoms with Crippen molar-refractivity contribution in [3.05, 3.63) is 40.6 Å². The Balaban J connectivity index is 1.96. The van der Waals surface area contributed by atoms with Crippen LogP contribution in [-0.4, -0.2) is 15.6 Å². The zero-order chi connectivity index (χ0) is 11.8. The molecular weight excluding hydrogens is 278 g/mol. The Morgan fingerprint density at radius 3 is 2.94 bits per heavy atom. The Bertz CT molecular complexity index is 543. The summed E-state index contributed by atoms with van der Waals surface area (Å²) in [4.78, 5) is 4.36. The Hall–Kier alpha value is -1.29. The first-order chi connectivity index (χ1) is 8.24. The fourth-order valence-corrected chi connectivity index (χ4v) is 2.13. The van der Waals surface area contributed by atoms with Crippen molar-refractivity contribution in [1.29, 1.82) is 0 Å². The van der Waals surface area contributed by atoms with Gasteiger partial charge in [-0.25, -0.2) is 4.98 Å². The van der Waals surface area contributed by atoms with Crippen LogP contribution in [0.5, 0.6) is 0 Å². The van der Waals surface area contributed by atoms with Crippen molar-refractivity contribution >= 4 is 21.9 Å². The van der Waals surface area contributed by atoms with Gasteiger partial charge in [-0.3, -0.25) is 4.57 Å². The van der Waals surface area contributed by atoms with Gasteiger partial charge in [-0.15, -0.1) is 0 Å². The number of nitrogens with zero attached hydrogens (tertiary/aromatic N) is 2. The molecule has 1 aliphatic carbocycles. The summed E-state index contributed by atoms with van der Waals surface area (Å²) in [6.45, 7) is 2.09. The summed E-state index contributed by atoms with van der Waals surface area (Å²) in [5.74, 6) is 0.934. The van der Waals surface area contributed by atoms with E-state index in [1.807, 2.05) is 12.4 Å². The first kappa shape index (κ1) is 10.8. The molecule has 0 atom stereocenters. The van der Waals surface area contributed by atoms with Crippen molar-refractivity contribution in [3.63, 3.8) is 0 Å². The standard InChI is InChI=1S/C13H14BrN3/c1-9-2-5-11(8-12(9)14)17-7-6-15-13(17)16-10-3-4-10/h2,5-8,10H,3-4H2,1H3,(H,15,16). The van der Waals surface area contributed by atoms with Gasteiger partial charge in [0.1, 0.15) is 0 Å². The summed E-state index contributed by atoms with van der Waals surface area (Å²) >= 11 is 3.57. The number of aromatic nitrogens is 2. The van der Waals surface area contributed by atoms with E-state index in [9.17, 15) is 0 Å². The fraction of sp³-hybridized carbons (Fsp3) is 0.308. The van der Waals surface area contributed by atoms with Gasteiger partial charge in [-0.1, -0.05) is 22.0 Å². The second-order valence-electron chi connectivity index (χ2n) is 4.47. The molecule has 0 radical (unpaired) electrons. The van der Waals surface area contributed by atoms with E-state index in [-0.39, 0.29) is 0 Å². The van der Waals surface area contributed by atoms with Gasteiger partial charge in [0, 0.05) is 28.6 Å². The largest absolute Gasteiger partial charge is 0.353 e. The van der Waals surface area contributed by atoms with E-state index in [2.05, 4.69) is 55.9 Å². The zero-order valence-corrected chi connectivity index (χ0v) is 11.2. The van der Waals surface area contributed by atoms with E-state index >= 15 is 0 Å². The molecule has 0 saturated heterocycles. The van der Waals surface area contributed by atoms with Crippen molar-refractivity contribution in [2.45, 2.75) is 25.8 Å². The average molecular weight is 292 g/mol. The topological polar surface area (TPSA) is 29.9 Å². The highest BCUT2D eigenvalue weighted by atomic mass is 79.9. The zero-order valence-electron chi connectivity index (χ0n) is 9.65. The number of imidazole rings is 1. The van der Waals surface area contributed by atoms with Crippen LogP contribution in [0, 0.1) is 6.92 Å². The number of hydrogen-bond acceptors (Lipinski definition) is 2. The maximum atomic E-state index is 4.36. The molecule has 1 saturated carbocycles. The van der Waals surface area contributed by atoms with E-state index < -0.39 is 0 Å². The molecule has 1 fully saturated rings. The lowest BCUT2D eigenvalue weighted by molar-refractivity contribution is 1.00. The van der Waals surface area contributed by atoms with E-state index in [1.54, 1.807) is 0 Å². The molecular formula is C13H14BrN3. The number of halogens is 1.